The van der Waals surface area contributed by atoms with Gasteiger partial charge in [-0.3, -0.25) is 4.79 Å². The van der Waals surface area contributed by atoms with E-state index in [0.29, 0.717) is 18.8 Å². The van der Waals surface area contributed by atoms with Gasteiger partial charge < -0.3 is 10.1 Å². The van der Waals surface area contributed by atoms with Crippen LogP contribution < -0.4 is 5.32 Å². The summed E-state index contributed by atoms with van der Waals surface area (Å²) in [5.74, 6) is -2.47. The highest BCUT2D eigenvalue weighted by Gasteiger charge is 2.13. The van der Waals surface area contributed by atoms with E-state index in [1.165, 1.54) is 6.07 Å². The summed E-state index contributed by atoms with van der Waals surface area (Å²) in [5.41, 5.74) is 0.431. The van der Waals surface area contributed by atoms with Gasteiger partial charge in [0, 0.05) is 12.2 Å². The van der Waals surface area contributed by atoms with Gasteiger partial charge in [0.05, 0.1) is 12.5 Å². The molecule has 1 rings (SSSR count). The molecule has 17 heavy (non-hydrogen) atoms. The molecule has 0 aliphatic carbocycles. The molecule has 0 saturated carbocycles. The van der Waals surface area contributed by atoms with Crippen LogP contribution in [-0.4, -0.2) is 19.1 Å². The molecule has 0 bridgehead atoms. The van der Waals surface area contributed by atoms with Gasteiger partial charge in [-0.1, -0.05) is 6.92 Å². The van der Waals surface area contributed by atoms with Crippen LogP contribution >= 0.6 is 0 Å². The zero-order valence-electron chi connectivity index (χ0n) is 9.80. The molecule has 0 saturated heterocycles. The number of esters is 1. The van der Waals surface area contributed by atoms with E-state index >= 15 is 0 Å². The second-order valence-corrected chi connectivity index (χ2v) is 3.66. The third-order valence-corrected chi connectivity index (χ3v) is 2.22. The number of benzene rings is 1. The number of nitrogens with one attached hydrogen (secondary N) is 1. The monoisotopic (exact) mass is 243 g/mol. The number of ether oxygens (including phenoxy) is 1. The van der Waals surface area contributed by atoms with Crippen LogP contribution in [0.25, 0.3) is 0 Å². The molecule has 5 heteroatoms. The predicted octanol–water partition coefficient (Wildman–Crippen LogP) is 2.58. The van der Waals surface area contributed by atoms with Crippen molar-refractivity contribution in [2.75, 3.05) is 18.5 Å². The Morgan fingerprint density at radius 1 is 1.41 bits per heavy atom. The van der Waals surface area contributed by atoms with Gasteiger partial charge in [0.15, 0.2) is 11.6 Å². The molecule has 0 aliphatic rings. The number of anilines is 1. The highest BCUT2D eigenvalue weighted by molar-refractivity contribution is 5.72. The van der Waals surface area contributed by atoms with E-state index in [2.05, 4.69) is 5.32 Å². The van der Waals surface area contributed by atoms with Crippen LogP contribution in [0.1, 0.15) is 13.8 Å². The average Bonchev–Trinajstić information content (AvgIpc) is 2.30. The molecule has 3 nitrogen and oxygen atoms in total. The largest absolute Gasteiger partial charge is 0.466 e. The summed E-state index contributed by atoms with van der Waals surface area (Å²) in [6, 6.07) is 3.50. The highest BCUT2D eigenvalue weighted by atomic mass is 19.2. The fraction of sp³-hybridized carbons (Fsp3) is 0.417. The molecule has 1 aromatic rings. The number of rotatable bonds is 5. The second kappa shape index (κ2) is 6.18. The van der Waals surface area contributed by atoms with E-state index in [0.717, 1.165) is 12.1 Å². The van der Waals surface area contributed by atoms with Crippen molar-refractivity contribution in [2.45, 2.75) is 13.8 Å². The van der Waals surface area contributed by atoms with Gasteiger partial charge >= 0.3 is 5.97 Å². The SMILES string of the molecule is CCOC(=O)C(C)CNc1ccc(F)c(F)c1. The summed E-state index contributed by atoms with van der Waals surface area (Å²) in [5, 5.41) is 2.84. The van der Waals surface area contributed by atoms with Gasteiger partial charge in [-0.25, -0.2) is 8.78 Å². The maximum absolute atomic E-state index is 12.9. The van der Waals surface area contributed by atoms with Crippen LogP contribution in [0, 0.1) is 17.6 Å². The third-order valence-electron chi connectivity index (χ3n) is 2.22. The molecule has 0 amide bonds. The van der Waals surface area contributed by atoms with Gasteiger partial charge in [-0.2, -0.15) is 0 Å². The molecule has 1 unspecified atom stereocenters. The topological polar surface area (TPSA) is 38.3 Å². The zero-order valence-corrected chi connectivity index (χ0v) is 9.80. The van der Waals surface area contributed by atoms with Crippen molar-refractivity contribution in [1.29, 1.82) is 0 Å². The van der Waals surface area contributed by atoms with Crippen LogP contribution in [0.5, 0.6) is 0 Å². The van der Waals surface area contributed by atoms with Gasteiger partial charge in [-0.05, 0) is 25.1 Å². The minimum atomic E-state index is -0.918. The number of carbonyl (C=O) groups excluding carboxylic acids is 1. The highest BCUT2D eigenvalue weighted by Crippen LogP contribution is 2.13. The first-order valence-electron chi connectivity index (χ1n) is 5.40. The van der Waals surface area contributed by atoms with Gasteiger partial charge in [-0.15, -0.1) is 0 Å². The van der Waals surface area contributed by atoms with Crippen molar-refractivity contribution in [2.24, 2.45) is 5.92 Å². The normalized spacial score (nSPS) is 12.0. The molecule has 0 radical (unpaired) electrons. The first-order chi connectivity index (χ1) is 8.04. The Kier molecular flexibility index (Phi) is 4.87. The number of hydrogen-bond acceptors (Lipinski definition) is 3. The quantitative estimate of drug-likeness (QED) is 0.808. The zero-order chi connectivity index (χ0) is 12.8. The number of hydrogen-bond donors (Lipinski definition) is 1. The van der Waals surface area contributed by atoms with Crippen LogP contribution in [-0.2, 0) is 9.53 Å². The second-order valence-electron chi connectivity index (χ2n) is 3.66. The fourth-order valence-electron chi connectivity index (χ4n) is 1.24. The van der Waals surface area contributed by atoms with Crippen molar-refractivity contribution < 1.29 is 18.3 Å². The Balaban J connectivity index is 2.50. The lowest BCUT2D eigenvalue weighted by atomic mass is 10.2. The lowest BCUT2D eigenvalue weighted by molar-refractivity contribution is -0.146. The molecule has 1 N–H and O–H groups in total. The maximum atomic E-state index is 12.9. The van der Waals surface area contributed by atoms with Crippen molar-refractivity contribution in [3.05, 3.63) is 29.8 Å². The summed E-state index contributed by atoms with van der Waals surface area (Å²) >= 11 is 0. The van der Waals surface area contributed by atoms with Crippen molar-refractivity contribution >= 4 is 11.7 Å². The molecule has 0 heterocycles. The van der Waals surface area contributed by atoms with Crippen LogP contribution in [0.4, 0.5) is 14.5 Å². The molecule has 0 fully saturated rings. The molecule has 0 spiro atoms. The smallest absolute Gasteiger partial charge is 0.310 e. The first-order valence-corrected chi connectivity index (χ1v) is 5.40. The minimum absolute atomic E-state index is 0.309. The Labute approximate surface area is 98.8 Å². The molecule has 1 aromatic carbocycles. The van der Waals surface area contributed by atoms with Gasteiger partial charge in [0.1, 0.15) is 0 Å². The Morgan fingerprint density at radius 2 is 2.12 bits per heavy atom. The van der Waals surface area contributed by atoms with Crippen LogP contribution in [0.3, 0.4) is 0 Å². The van der Waals surface area contributed by atoms with Crippen molar-refractivity contribution in [3.8, 4) is 0 Å². The summed E-state index contributed by atoms with van der Waals surface area (Å²) in [6.45, 7) is 4.07. The molecular formula is C12H15F2NO2. The summed E-state index contributed by atoms with van der Waals surface area (Å²) < 4.78 is 30.3. The number of halogens is 2. The summed E-state index contributed by atoms with van der Waals surface area (Å²) in [7, 11) is 0. The van der Waals surface area contributed by atoms with Crippen molar-refractivity contribution in [3.63, 3.8) is 0 Å². The first kappa shape index (κ1) is 13.4. The van der Waals surface area contributed by atoms with E-state index in [-0.39, 0.29) is 11.9 Å². The van der Waals surface area contributed by atoms with Crippen molar-refractivity contribution in [1.82, 2.24) is 0 Å². The standard InChI is InChI=1S/C12H15F2NO2/c1-3-17-12(16)8(2)7-15-9-4-5-10(13)11(14)6-9/h4-6,8,15H,3,7H2,1-2H3. The van der Waals surface area contributed by atoms with E-state index < -0.39 is 11.6 Å². The maximum Gasteiger partial charge on any atom is 0.310 e. The average molecular weight is 243 g/mol. The van der Waals surface area contributed by atoms with E-state index in [1.54, 1.807) is 13.8 Å². The Morgan fingerprint density at radius 3 is 2.71 bits per heavy atom. The van der Waals surface area contributed by atoms with Crippen LogP contribution in [0.15, 0.2) is 18.2 Å². The van der Waals surface area contributed by atoms with E-state index in [1.807, 2.05) is 0 Å². The van der Waals surface area contributed by atoms with E-state index in [9.17, 15) is 13.6 Å². The van der Waals surface area contributed by atoms with Crippen LogP contribution in [0.2, 0.25) is 0 Å². The minimum Gasteiger partial charge on any atom is -0.466 e. The lowest BCUT2D eigenvalue weighted by Gasteiger charge is -2.12. The molecule has 0 aromatic heterocycles. The van der Waals surface area contributed by atoms with Gasteiger partial charge in [0.25, 0.3) is 0 Å². The molecule has 0 aliphatic heterocycles. The summed E-state index contributed by atoms with van der Waals surface area (Å²) in [6.07, 6.45) is 0. The lowest BCUT2D eigenvalue weighted by Crippen LogP contribution is -2.22. The fourth-order valence-corrected chi connectivity index (χ4v) is 1.24. The molecule has 1 atom stereocenters. The van der Waals surface area contributed by atoms with Gasteiger partial charge in [0.2, 0.25) is 0 Å². The Bertz CT molecular complexity index is 396. The number of carbonyl (C=O) groups is 1. The summed E-state index contributed by atoms with van der Waals surface area (Å²) in [4.78, 5) is 11.3. The molecule has 94 valence electrons. The molecular weight excluding hydrogens is 228 g/mol. The third kappa shape index (κ3) is 4.01. The van der Waals surface area contributed by atoms with E-state index in [4.69, 9.17) is 4.74 Å². The Hall–Kier alpha value is -1.65. The predicted molar refractivity (Wildman–Crippen MR) is 60.6 cm³/mol.